The van der Waals surface area contributed by atoms with E-state index in [-0.39, 0.29) is 0 Å². The van der Waals surface area contributed by atoms with Gasteiger partial charge in [-0.1, -0.05) is 77.6 Å². The van der Waals surface area contributed by atoms with Gasteiger partial charge in [0.1, 0.15) is 6.10 Å². The molecule has 2 fully saturated rings. The predicted molar refractivity (Wildman–Crippen MR) is 130 cm³/mol. The van der Waals surface area contributed by atoms with Crippen LogP contribution in [0.3, 0.4) is 0 Å². The van der Waals surface area contributed by atoms with Crippen LogP contribution < -0.4 is 9.64 Å². The summed E-state index contributed by atoms with van der Waals surface area (Å²) < 4.78 is 7.14. The summed E-state index contributed by atoms with van der Waals surface area (Å²) >= 11 is 3.80. The van der Waals surface area contributed by atoms with Crippen LogP contribution in [0.25, 0.3) is 0 Å². The van der Waals surface area contributed by atoms with E-state index in [9.17, 15) is 0 Å². The minimum absolute atomic E-state index is 0.329. The highest BCUT2D eigenvalue weighted by atomic mass is 79.9. The molecule has 0 N–H and O–H groups in total. The summed E-state index contributed by atoms with van der Waals surface area (Å²) in [6.07, 6.45) is 22.7. The molecule has 2 aliphatic rings. The lowest BCUT2D eigenvalue weighted by Gasteiger charge is -2.33. The van der Waals surface area contributed by atoms with Crippen LogP contribution in [0.1, 0.15) is 115 Å². The number of ether oxygens (including phenoxy) is 1. The Morgan fingerprint density at radius 1 is 0.833 bits per heavy atom. The van der Waals surface area contributed by atoms with Crippen LogP contribution in [-0.4, -0.2) is 29.2 Å². The number of hydrogen-bond acceptors (Lipinski definition) is 4. The van der Waals surface area contributed by atoms with Crippen molar-refractivity contribution in [2.24, 2.45) is 0 Å². The summed E-state index contributed by atoms with van der Waals surface area (Å²) in [4.78, 5) is 11.8. The first kappa shape index (κ1) is 23.8. The van der Waals surface area contributed by atoms with Crippen molar-refractivity contribution < 1.29 is 4.74 Å². The zero-order chi connectivity index (χ0) is 21.0. The molecule has 0 aromatic carbocycles. The first-order valence-corrected chi connectivity index (χ1v) is 13.5. The molecule has 4 nitrogen and oxygen atoms in total. The molecule has 1 saturated heterocycles. The first-order chi connectivity index (χ1) is 14.8. The molecule has 0 amide bonds. The molecule has 30 heavy (non-hydrogen) atoms. The highest BCUT2D eigenvalue weighted by molar-refractivity contribution is 9.10. The van der Waals surface area contributed by atoms with Crippen LogP contribution in [0, 0.1) is 0 Å². The Morgan fingerprint density at radius 2 is 1.43 bits per heavy atom. The number of aromatic nitrogens is 2. The fraction of sp³-hybridized carbons (Fsp3) is 0.840. The lowest BCUT2D eigenvalue weighted by atomic mass is 9.96. The molecule has 1 aromatic heterocycles. The maximum Gasteiger partial charge on any atom is 0.318 e. The smallest absolute Gasteiger partial charge is 0.318 e. The Hall–Kier alpha value is -0.840. The third-order valence-corrected chi connectivity index (χ3v) is 7.44. The van der Waals surface area contributed by atoms with Gasteiger partial charge in [0.25, 0.3) is 0 Å². The van der Waals surface area contributed by atoms with E-state index in [1.807, 2.05) is 0 Å². The summed E-state index contributed by atoms with van der Waals surface area (Å²) in [6, 6.07) is 0.596. The molecule has 5 heteroatoms. The number of unbranched alkanes of at least 4 members (excludes halogenated alkanes) is 11. The number of halogens is 1. The SMILES string of the molecule is CCCCCCCCCCCCCCc1nc(OC2CCC2)nc(N2CCC2)c1Br. The van der Waals surface area contributed by atoms with Gasteiger partial charge in [0, 0.05) is 13.1 Å². The summed E-state index contributed by atoms with van der Waals surface area (Å²) in [5, 5.41) is 0. The molecule has 1 aliphatic heterocycles. The van der Waals surface area contributed by atoms with Crippen molar-refractivity contribution in [3.05, 3.63) is 10.2 Å². The van der Waals surface area contributed by atoms with E-state index in [0.717, 1.165) is 48.3 Å². The fourth-order valence-electron chi connectivity index (χ4n) is 4.19. The van der Waals surface area contributed by atoms with Gasteiger partial charge in [-0.05, 0) is 54.5 Å². The average Bonchev–Trinajstić information content (AvgIpc) is 2.67. The Balaban J connectivity index is 1.34. The summed E-state index contributed by atoms with van der Waals surface area (Å²) in [6.45, 7) is 4.48. The van der Waals surface area contributed by atoms with E-state index < -0.39 is 0 Å². The Morgan fingerprint density at radius 3 is 1.93 bits per heavy atom. The topological polar surface area (TPSA) is 38.3 Å². The normalized spacial score (nSPS) is 16.4. The van der Waals surface area contributed by atoms with Crippen molar-refractivity contribution in [2.75, 3.05) is 18.0 Å². The molecule has 1 aliphatic carbocycles. The van der Waals surface area contributed by atoms with E-state index in [4.69, 9.17) is 14.7 Å². The molecule has 1 saturated carbocycles. The molecule has 0 spiro atoms. The summed E-state index contributed by atoms with van der Waals surface area (Å²) in [7, 11) is 0. The minimum atomic E-state index is 0.329. The molecule has 0 unspecified atom stereocenters. The van der Waals surface area contributed by atoms with Crippen LogP contribution >= 0.6 is 15.9 Å². The van der Waals surface area contributed by atoms with E-state index in [0.29, 0.717) is 12.1 Å². The first-order valence-electron chi connectivity index (χ1n) is 12.8. The number of hydrogen-bond donors (Lipinski definition) is 0. The van der Waals surface area contributed by atoms with Crippen molar-refractivity contribution in [2.45, 2.75) is 122 Å². The quantitative estimate of drug-likeness (QED) is 0.228. The lowest BCUT2D eigenvalue weighted by molar-refractivity contribution is 0.108. The van der Waals surface area contributed by atoms with Crippen LogP contribution in [0.15, 0.2) is 4.47 Å². The maximum absolute atomic E-state index is 6.05. The molecular weight excluding hydrogens is 438 g/mol. The molecule has 2 heterocycles. The third kappa shape index (κ3) is 7.69. The van der Waals surface area contributed by atoms with Gasteiger partial charge in [-0.15, -0.1) is 0 Å². The average molecular weight is 481 g/mol. The second-order valence-electron chi connectivity index (χ2n) is 9.24. The van der Waals surface area contributed by atoms with Crippen LogP contribution in [0.5, 0.6) is 6.01 Å². The van der Waals surface area contributed by atoms with Crippen LogP contribution in [0.2, 0.25) is 0 Å². The number of nitrogens with zero attached hydrogens (tertiary/aromatic N) is 3. The minimum Gasteiger partial charge on any atom is -0.460 e. The van der Waals surface area contributed by atoms with Gasteiger partial charge in [-0.2, -0.15) is 9.97 Å². The van der Waals surface area contributed by atoms with Gasteiger partial charge >= 0.3 is 6.01 Å². The maximum atomic E-state index is 6.05. The monoisotopic (exact) mass is 479 g/mol. The number of rotatable bonds is 16. The number of anilines is 1. The van der Waals surface area contributed by atoms with E-state index in [1.54, 1.807) is 0 Å². The second kappa shape index (κ2) is 13.5. The standard InChI is InChI=1S/C25H42BrN3O/c1-2-3-4-5-6-7-8-9-10-11-12-13-18-22-23(26)24(29-19-15-20-29)28-25(27-22)30-21-16-14-17-21/h21H,2-20H2,1H3. The molecule has 1 aromatic rings. The molecule has 0 radical (unpaired) electrons. The zero-order valence-corrected chi connectivity index (χ0v) is 20.7. The summed E-state index contributed by atoms with van der Waals surface area (Å²) in [5.74, 6) is 1.04. The number of aryl methyl sites for hydroxylation is 1. The Bertz CT molecular complexity index is 617. The lowest BCUT2D eigenvalue weighted by Crippen LogP contribution is -2.38. The molecule has 170 valence electrons. The Kier molecular flexibility index (Phi) is 10.8. The van der Waals surface area contributed by atoms with Gasteiger partial charge < -0.3 is 9.64 Å². The van der Waals surface area contributed by atoms with Gasteiger partial charge in [-0.3, -0.25) is 0 Å². The van der Waals surface area contributed by atoms with Crippen molar-refractivity contribution in [3.63, 3.8) is 0 Å². The van der Waals surface area contributed by atoms with Crippen molar-refractivity contribution in [3.8, 4) is 6.01 Å². The summed E-state index contributed by atoms with van der Waals surface area (Å²) in [5.41, 5.74) is 1.13. The predicted octanol–water partition coefficient (Wildman–Crippen LogP) is 7.62. The molecule has 3 rings (SSSR count). The van der Waals surface area contributed by atoms with E-state index in [2.05, 4.69) is 27.8 Å². The van der Waals surface area contributed by atoms with Crippen molar-refractivity contribution in [1.82, 2.24) is 9.97 Å². The third-order valence-electron chi connectivity index (χ3n) is 6.63. The van der Waals surface area contributed by atoms with E-state index in [1.165, 1.54) is 89.9 Å². The highest BCUT2D eigenvalue weighted by Crippen LogP contribution is 2.33. The van der Waals surface area contributed by atoms with Crippen molar-refractivity contribution >= 4 is 21.7 Å². The van der Waals surface area contributed by atoms with Gasteiger partial charge in [0.2, 0.25) is 0 Å². The Labute approximate surface area is 192 Å². The molecular formula is C25H42BrN3O. The van der Waals surface area contributed by atoms with Crippen LogP contribution in [0.4, 0.5) is 5.82 Å². The largest absolute Gasteiger partial charge is 0.460 e. The van der Waals surface area contributed by atoms with E-state index >= 15 is 0 Å². The second-order valence-corrected chi connectivity index (χ2v) is 10.0. The van der Waals surface area contributed by atoms with Gasteiger partial charge in [-0.25, -0.2) is 0 Å². The molecule has 0 atom stereocenters. The van der Waals surface area contributed by atoms with Gasteiger partial charge in [0.05, 0.1) is 10.2 Å². The highest BCUT2D eigenvalue weighted by Gasteiger charge is 2.25. The van der Waals surface area contributed by atoms with Crippen molar-refractivity contribution in [1.29, 1.82) is 0 Å². The fourth-order valence-corrected chi connectivity index (χ4v) is 4.81. The van der Waals surface area contributed by atoms with Crippen LogP contribution in [-0.2, 0) is 6.42 Å². The van der Waals surface area contributed by atoms with Gasteiger partial charge in [0.15, 0.2) is 5.82 Å². The molecule has 0 bridgehead atoms. The zero-order valence-electron chi connectivity index (χ0n) is 19.1.